The van der Waals surface area contributed by atoms with Crippen molar-refractivity contribution >= 4 is 11.9 Å². The second kappa shape index (κ2) is 5.81. The maximum absolute atomic E-state index is 11.0. The Balaban J connectivity index is 3.09. The fraction of sp³-hybridized carbons (Fsp3) is 0.385. The topological polar surface area (TPSA) is 115 Å². The monoisotopic (exact) mass is 268 g/mol. The van der Waals surface area contributed by atoms with E-state index in [1.807, 2.05) is 0 Å². The highest BCUT2D eigenvalue weighted by Crippen LogP contribution is 2.24. The molecule has 0 heterocycles. The minimum Gasteiger partial charge on any atom is -0.481 e. The molecule has 0 aromatic heterocycles. The predicted molar refractivity (Wildman–Crippen MR) is 66.1 cm³/mol. The molecule has 2 unspecified atom stereocenters. The summed E-state index contributed by atoms with van der Waals surface area (Å²) in [6, 6.07) is 2.87. The highest BCUT2D eigenvalue weighted by atomic mass is 16.4. The number of aromatic carboxylic acids is 1. The molecule has 0 saturated heterocycles. The first kappa shape index (κ1) is 15.1. The van der Waals surface area contributed by atoms with Crippen molar-refractivity contribution in [2.45, 2.75) is 32.5 Å². The third kappa shape index (κ3) is 3.52. The Morgan fingerprint density at radius 3 is 1.95 bits per heavy atom. The van der Waals surface area contributed by atoms with Crippen LogP contribution < -0.4 is 0 Å². The minimum absolute atomic E-state index is 0.142. The molecule has 0 saturated carbocycles. The summed E-state index contributed by atoms with van der Waals surface area (Å²) >= 11 is 0. The molecule has 1 aromatic carbocycles. The van der Waals surface area contributed by atoms with Gasteiger partial charge in [0.05, 0.1) is 18.1 Å². The van der Waals surface area contributed by atoms with Crippen LogP contribution in [0.3, 0.4) is 0 Å². The van der Waals surface area contributed by atoms with E-state index in [0.29, 0.717) is 16.7 Å². The van der Waals surface area contributed by atoms with Gasteiger partial charge in [-0.05, 0) is 30.5 Å². The fourth-order valence-corrected chi connectivity index (χ4v) is 2.02. The molecule has 6 nitrogen and oxygen atoms in total. The van der Waals surface area contributed by atoms with E-state index >= 15 is 0 Å². The van der Waals surface area contributed by atoms with Crippen LogP contribution in [0.4, 0.5) is 0 Å². The van der Waals surface area contributed by atoms with E-state index < -0.39 is 30.6 Å². The second-order valence-corrected chi connectivity index (χ2v) is 4.44. The smallest absolute Gasteiger partial charge is 0.336 e. The molecule has 0 aliphatic carbocycles. The van der Waals surface area contributed by atoms with Crippen molar-refractivity contribution in [1.29, 1.82) is 0 Å². The maximum atomic E-state index is 11.0. The summed E-state index contributed by atoms with van der Waals surface area (Å²) in [5, 5.41) is 37.0. The van der Waals surface area contributed by atoms with Crippen molar-refractivity contribution in [1.82, 2.24) is 0 Å². The number of carboxylic acids is 2. The van der Waals surface area contributed by atoms with Crippen LogP contribution >= 0.6 is 0 Å². The summed E-state index contributed by atoms with van der Waals surface area (Å²) in [7, 11) is 0. The fourth-order valence-electron chi connectivity index (χ4n) is 2.02. The Hall–Kier alpha value is -1.92. The van der Waals surface area contributed by atoms with Crippen LogP contribution in [0.5, 0.6) is 0 Å². The summed E-state index contributed by atoms with van der Waals surface area (Å²) in [6.07, 6.45) is -3.39. The number of carboxylic acid groups (broad SMARTS) is 2. The summed E-state index contributed by atoms with van der Waals surface area (Å²) < 4.78 is 0. The van der Waals surface area contributed by atoms with E-state index in [4.69, 9.17) is 10.2 Å². The quantitative estimate of drug-likeness (QED) is 0.630. The average molecular weight is 268 g/mol. The maximum Gasteiger partial charge on any atom is 0.336 e. The summed E-state index contributed by atoms with van der Waals surface area (Å²) in [6.45, 7) is 3.16. The van der Waals surface area contributed by atoms with E-state index in [2.05, 4.69) is 0 Å². The van der Waals surface area contributed by atoms with Crippen molar-refractivity contribution in [3.8, 4) is 0 Å². The van der Waals surface area contributed by atoms with E-state index in [1.54, 1.807) is 13.8 Å². The van der Waals surface area contributed by atoms with Crippen LogP contribution in [-0.2, 0) is 4.79 Å². The van der Waals surface area contributed by atoms with Gasteiger partial charge in [0.25, 0.3) is 0 Å². The van der Waals surface area contributed by atoms with E-state index in [-0.39, 0.29) is 5.56 Å². The first-order valence-corrected chi connectivity index (χ1v) is 5.66. The lowest BCUT2D eigenvalue weighted by molar-refractivity contribution is -0.141. The average Bonchev–Trinajstić information content (AvgIpc) is 2.25. The van der Waals surface area contributed by atoms with Gasteiger partial charge >= 0.3 is 11.9 Å². The molecule has 104 valence electrons. The molecule has 0 aliphatic heterocycles. The Kier molecular flexibility index (Phi) is 4.63. The highest BCUT2D eigenvalue weighted by molar-refractivity contribution is 5.91. The molecule has 0 aliphatic rings. The molecular formula is C13H16O6. The molecule has 1 rings (SSSR count). The van der Waals surface area contributed by atoms with Crippen LogP contribution in [0.25, 0.3) is 0 Å². The van der Waals surface area contributed by atoms with Crippen LogP contribution in [0, 0.1) is 13.8 Å². The van der Waals surface area contributed by atoms with Gasteiger partial charge < -0.3 is 20.4 Å². The number of hydrogen-bond acceptors (Lipinski definition) is 4. The number of aliphatic hydroxyl groups excluding tert-OH is 2. The van der Waals surface area contributed by atoms with Gasteiger partial charge in [0.2, 0.25) is 0 Å². The summed E-state index contributed by atoms with van der Waals surface area (Å²) in [5.74, 6) is -2.29. The largest absolute Gasteiger partial charge is 0.481 e. The van der Waals surface area contributed by atoms with Gasteiger partial charge in [-0.25, -0.2) is 4.79 Å². The molecular weight excluding hydrogens is 252 g/mol. The van der Waals surface area contributed by atoms with Crippen LogP contribution in [-0.4, -0.2) is 38.5 Å². The molecule has 0 bridgehead atoms. The standard InChI is InChI=1S/C13H16O6/c1-6-3-8(4-7(2)11(6)13(18)19)12(17)9(14)5-10(15)16/h3-4,9,12,14,17H,5H2,1-2H3,(H,15,16)(H,18,19). The van der Waals surface area contributed by atoms with Gasteiger partial charge in [-0.15, -0.1) is 0 Å². The number of benzene rings is 1. The van der Waals surface area contributed by atoms with Gasteiger partial charge in [0, 0.05) is 0 Å². The Bertz CT molecular complexity index is 485. The number of carbonyl (C=O) groups is 2. The molecule has 0 radical (unpaired) electrons. The Morgan fingerprint density at radius 2 is 1.58 bits per heavy atom. The third-order valence-electron chi connectivity index (χ3n) is 2.86. The van der Waals surface area contributed by atoms with Gasteiger partial charge in [0.1, 0.15) is 6.10 Å². The Morgan fingerprint density at radius 1 is 1.11 bits per heavy atom. The van der Waals surface area contributed by atoms with Crippen molar-refractivity contribution in [2.75, 3.05) is 0 Å². The number of rotatable bonds is 5. The number of aliphatic carboxylic acids is 1. The second-order valence-electron chi connectivity index (χ2n) is 4.44. The van der Waals surface area contributed by atoms with Crippen molar-refractivity contribution in [3.05, 3.63) is 34.4 Å². The normalized spacial score (nSPS) is 13.9. The van der Waals surface area contributed by atoms with E-state index in [9.17, 15) is 19.8 Å². The van der Waals surface area contributed by atoms with Crippen molar-refractivity contribution < 1.29 is 30.0 Å². The van der Waals surface area contributed by atoms with Crippen molar-refractivity contribution in [3.63, 3.8) is 0 Å². The lowest BCUT2D eigenvalue weighted by Crippen LogP contribution is -2.22. The van der Waals surface area contributed by atoms with Crippen molar-refractivity contribution in [2.24, 2.45) is 0 Å². The lowest BCUT2D eigenvalue weighted by Gasteiger charge is -2.18. The molecule has 1 aromatic rings. The molecule has 19 heavy (non-hydrogen) atoms. The third-order valence-corrected chi connectivity index (χ3v) is 2.86. The lowest BCUT2D eigenvalue weighted by atomic mass is 9.94. The number of hydrogen-bond donors (Lipinski definition) is 4. The zero-order valence-electron chi connectivity index (χ0n) is 10.6. The van der Waals surface area contributed by atoms with E-state index in [1.165, 1.54) is 12.1 Å². The first-order valence-electron chi connectivity index (χ1n) is 5.66. The van der Waals surface area contributed by atoms with Gasteiger partial charge in [-0.3, -0.25) is 4.79 Å². The molecule has 0 fully saturated rings. The number of aryl methyl sites for hydroxylation is 2. The Labute approximate surface area is 109 Å². The zero-order valence-corrected chi connectivity index (χ0v) is 10.6. The summed E-state index contributed by atoms with van der Waals surface area (Å²) in [4.78, 5) is 21.5. The summed E-state index contributed by atoms with van der Waals surface area (Å²) in [5.41, 5.74) is 1.34. The SMILES string of the molecule is Cc1cc(C(O)C(O)CC(=O)O)cc(C)c1C(=O)O. The highest BCUT2D eigenvalue weighted by Gasteiger charge is 2.23. The van der Waals surface area contributed by atoms with Crippen LogP contribution in [0.2, 0.25) is 0 Å². The minimum atomic E-state index is -1.44. The zero-order chi connectivity index (χ0) is 14.7. The van der Waals surface area contributed by atoms with Gasteiger partial charge in [0.15, 0.2) is 0 Å². The van der Waals surface area contributed by atoms with Gasteiger partial charge in [-0.1, -0.05) is 12.1 Å². The van der Waals surface area contributed by atoms with Gasteiger partial charge in [-0.2, -0.15) is 0 Å². The molecule has 2 atom stereocenters. The molecule has 4 N–H and O–H groups in total. The van der Waals surface area contributed by atoms with Crippen LogP contribution in [0.1, 0.15) is 39.6 Å². The molecule has 0 amide bonds. The van der Waals surface area contributed by atoms with E-state index in [0.717, 1.165) is 0 Å². The number of aliphatic hydroxyl groups is 2. The molecule has 6 heteroatoms. The van der Waals surface area contributed by atoms with Crippen LogP contribution in [0.15, 0.2) is 12.1 Å². The predicted octanol–water partition coefficient (Wildman–Crippen LogP) is 0.871. The first-order chi connectivity index (χ1) is 8.73. The molecule has 0 spiro atoms.